The summed E-state index contributed by atoms with van der Waals surface area (Å²) in [5.41, 5.74) is 4.79. The van der Waals surface area contributed by atoms with Gasteiger partial charge >= 0.3 is 0 Å². The lowest BCUT2D eigenvalue weighted by molar-refractivity contribution is -0.122. The van der Waals surface area contributed by atoms with Crippen LogP contribution in [0.2, 0.25) is 0 Å². The minimum Gasteiger partial charge on any atom is -0.493 e. The number of sulfonamides is 1. The van der Waals surface area contributed by atoms with Crippen LogP contribution in [-0.2, 0) is 27.8 Å². The van der Waals surface area contributed by atoms with Gasteiger partial charge in [0.25, 0.3) is 5.91 Å². The average molecular weight is 714 g/mol. The molecule has 5 rings (SSSR count). The number of carbonyl (C=O) groups excluding carboxylic acids is 1. The van der Waals surface area contributed by atoms with Crippen molar-refractivity contribution in [3.05, 3.63) is 111 Å². The summed E-state index contributed by atoms with van der Waals surface area (Å²) in [6.45, 7) is 0.491. The van der Waals surface area contributed by atoms with Crippen LogP contribution in [0.1, 0.15) is 16.7 Å². The molecular weight excluding hydrogens is 685 g/mol. The molecule has 0 saturated carbocycles. The molecule has 0 bridgehead atoms. The Hall–Kier alpha value is -4.14. The van der Waals surface area contributed by atoms with Crippen molar-refractivity contribution in [2.75, 3.05) is 13.9 Å². The predicted molar refractivity (Wildman–Crippen MR) is 169 cm³/mol. The van der Waals surface area contributed by atoms with E-state index in [4.69, 9.17) is 18.9 Å². The van der Waals surface area contributed by atoms with Crippen LogP contribution in [0.5, 0.6) is 23.0 Å². The number of ether oxygens (including phenoxy) is 4. The van der Waals surface area contributed by atoms with Gasteiger partial charge in [-0.2, -0.15) is 9.82 Å². The fraction of sp³-hybridized carbons (Fsp3) is 0.161. The smallest absolute Gasteiger partial charge is 0.258 e. The number of amides is 1. The quantitative estimate of drug-likeness (QED) is 0.125. The monoisotopic (exact) mass is 713 g/mol. The summed E-state index contributed by atoms with van der Waals surface area (Å²) in [6.07, 6.45) is 1.57. The highest BCUT2D eigenvalue weighted by atomic mass is 127. The van der Waals surface area contributed by atoms with Gasteiger partial charge in [-0.05, 0) is 100 Å². The molecule has 0 unspecified atom stereocenters. The van der Waals surface area contributed by atoms with Crippen molar-refractivity contribution in [3.63, 3.8) is 0 Å². The maximum absolute atomic E-state index is 13.2. The van der Waals surface area contributed by atoms with E-state index in [1.54, 1.807) is 30.3 Å². The van der Waals surface area contributed by atoms with Gasteiger partial charge < -0.3 is 18.9 Å². The van der Waals surface area contributed by atoms with Crippen molar-refractivity contribution in [2.45, 2.75) is 24.0 Å². The topological polar surface area (TPSA) is 125 Å². The molecule has 1 heterocycles. The van der Waals surface area contributed by atoms with Crippen LogP contribution < -0.4 is 29.1 Å². The van der Waals surface area contributed by atoms with Crippen LogP contribution in [0, 0.1) is 3.57 Å². The van der Waals surface area contributed by atoms with Gasteiger partial charge in [0.2, 0.25) is 16.8 Å². The van der Waals surface area contributed by atoms with E-state index >= 15 is 0 Å². The standard InChI is InChI=1S/C31H28IN3O7S/c1-39-29-16-22(7-13-27(29)40-19-23-8-14-28-30(17-23)42-20-41-28)18-33-34-31(36)26(15-21-5-3-2-4-6-21)35-43(37,38)25-11-9-24(32)10-12-25/h2-14,16-18,26,35H,15,19-20H2,1H3,(H,34,36)/b33-18-/t26-/m0/s1. The van der Waals surface area contributed by atoms with Gasteiger partial charge in [-0.1, -0.05) is 36.4 Å². The molecule has 1 aliphatic heterocycles. The molecular formula is C31H28IN3O7S. The maximum Gasteiger partial charge on any atom is 0.258 e. The number of hydrogen-bond donors (Lipinski definition) is 2. The molecule has 0 spiro atoms. The van der Waals surface area contributed by atoms with E-state index in [0.29, 0.717) is 28.6 Å². The van der Waals surface area contributed by atoms with E-state index in [1.807, 2.05) is 48.5 Å². The van der Waals surface area contributed by atoms with Crippen LogP contribution in [-0.4, -0.2) is 40.5 Å². The molecule has 4 aromatic rings. The SMILES string of the molecule is COc1cc(/C=N\NC(=O)[C@H](Cc2ccccc2)NS(=O)(=O)c2ccc(I)cc2)ccc1OCc1ccc2c(c1)OCO2. The minimum atomic E-state index is -3.97. The largest absolute Gasteiger partial charge is 0.493 e. The Bertz CT molecular complexity index is 1720. The molecule has 222 valence electrons. The Kier molecular flexibility index (Phi) is 9.79. The number of methoxy groups -OCH3 is 1. The van der Waals surface area contributed by atoms with Gasteiger partial charge in [-0.15, -0.1) is 0 Å². The van der Waals surface area contributed by atoms with Crippen LogP contribution in [0.4, 0.5) is 0 Å². The summed E-state index contributed by atoms with van der Waals surface area (Å²) in [4.78, 5) is 13.2. The van der Waals surface area contributed by atoms with Crippen molar-refractivity contribution in [3.8, 4) is 23.0 Å². The number of rotatable bonds is 12. The van der Waals surface area contributed by atoms with E-state index in [1.165, 1.54) is 25.5 Å². The highest BCUT2D eigenvalue weighted by Crippen LogP contribution is 2.34. The molecule has 0 aliphatic carbocycles. The van der Waals surface area contributed by atoms with Crippen LogP contribution >= 0.6 is 22.6 Å². The Morgan fingerprint density at radius 2 is 1.72 bits per heavy atom. The molecule has 1 amide bonds. The highest BCUT2D eigenvalue weighted by molar-refractivity contribution is 14.1. The van der Waals surface area contributed by atoms with Gasteiger partial charge in [0.05, 0.1) is 18.2 Å². The Labute approximate surface area is 263 Å². The predicted octanol–water partition coefficient (Wildman–Crippen LogP) is 4.65. The van der Waals surface area contributed by atoms with Crippen molar-refractivity contribution < 1.29 is 32.2 Å². The molecule has 0 fully saturated rings. The summed E-state index contributed by atoms with van der Waals surface area (Å²) in [7, 11) is -2.44. The zero-order valence-electron chi connectivity index (χ0n) is 23.0. The number of halogens is 1. The van der Waals surface area contributed by atoms with E-state index < -0.39 is 22.0 Å². The highest BCUT2D eigenvalue weighted by Gasteiger charge is 2.26. The van der Waals surface area contributed by atoms with Gasteiger partial charge in [0.1, 0.15) is 12.6 Å². The molecule has 0 aromatic heterocycles. The number of benzene rings is 4. The van der Waals surface area contributed by atoms with Gasteiger partial charge in [-0.3, -0.25) is 4.79 Å². The maximum atomic E-state index is 13.2. The summed E-state index contributed by atoms with van der Waals surface area (Å²) in [5.74, 6) is 1.77. The number of fused-ring (bicyclic) bond motifs is 1. The molecule has 2 N–H and O–H groups in total. The molecule has 1 aliphatic rings. The lowest BCUT2D eigenvalue weighted by Crippen LogP contribution is -2.46. The molecule has 12 heteroatoms. The lowest BCUT2D eigenvalue weighted by atomic mass is 10.1. The molecule has 43 heavy (non-hydrogen) atoms. The second kappa shape index (κ2) is 13.9. The van der Waals surface area contributed by atoms with Crippen molar-refractivity contribution >= 4 is 44.7 Å². The number of nitrogens with zero attached hydrogens (tertiary/aromatic N) is 1. The first-order valence-electron chi connectivity index (χ1n) is 13.1. The third-order valence-electron chi connectivity index (χ3n) is 6.43. The van der Waals surface area contributed by atoms with Crippen molar-refractivity contribution in [1.29, 1.82) is 0 Å². The van der Waals surface area contributed by atoms with Crippen LogP contribution in [0.15, 0.2) is 101 Å². The molecule has 0 saturated heterocycles. The number of hydrazone groups is 1. The van der Waals surface area contributed by atoms with Gasteiger partial charge in [-0.25, -0.2) is 13.8 Å². The first kappa shape index (κ1) is 30.3. The second-order valence-corrected chi connectivity index (χ2v) is 12.4. The van der Waals surface area contributed by atoms with E-state index in [9.17, 15) is 13.2 Å². The fourth-order valence-corrected chi connectivity index (χ4v) is 5.79. The average Bonchev–Trinajstić information content (AvgIpc) is 3.48. The Morgan fingerprint density at radius 3 is 2.49 bits per heavy atom. The first-order valence-corrected chi connectivity index (χ1v) is 15.7. The van der Waals surface area contributed by atoms with Crippen LogP contribution in [0.3, 0.4) is 0 Å². The van der Waals surface area contributed by atoms with Crippen molar-refractivity contribution in [1.82, 2.24) is 10.1 Å². The second-order valence-electron chi connectivity index (χ2n) is 9.44. The molecule has 0 radical (unpaired) electrons. The van der Waals surface area contributed by atoms with E-state index in [0.717, 1.165) is 14.7 Å². The molecule has 10 nitrogen and oxygen atoms in total. The fourth-order valence-electron chi connectivity index (χ4n) is 4.23. The van der Waals surface area contributed by atoms with Crippen molar-refractivity contribution in [2.24, 2.45) is 5.10 Å². The summed E-state index contributed by atoms with van der Waals surface area (Å²) < 4.78 is 51.8. The van der Waals surface area contributed by atoms with Gasteiger partial charge in [0.15, 0.2) is 23.0 Å². The lowest BCUT2D eigenvalue weighted by Gasteiger charge is -2.17. The molecule has 4 aromatic carbocycles. The Balaban J connectivity index is 1.25. The Morgan fingerprint density at radius 1 is 0.953 bits per heavy atom. The third-order valence-corrected chi connectivity index (χ3v) is 8.63. The zero-order valence-corrected chi connectivity index (χ0v) is 26.0. The number of nitrogens with one attached hydrogen (secondary N) is 2. The minimum absolute atomic E-state index is 0.0650. The van der Waals surface area contributed by atoms with Crippen LogP contribution in [0.25, 0.3) is 0 Å². The summed E-state index contributed by atoms with van der Waals surface area (Å²) >= 11 is 2.10. The normalized spacial score (nSPS) is 13.1. The zero-order chi connectivity index (χ0) is 30.2. The summed E-state index contributed by atoms with van der Waals surface area (Å²) in [5, 5.41) is 4.07. The van der Waals surface area contributed by atoms with Gasteiger partial charge in [0, 0.05) is 3.57 Å². The number of carbonyl (C=O) groups is 1. The van der Waals surface area contributed by atoms with E-state index in [2.05, 4.69) is 37.8 Å². The third kappa shape index (κ3) is 8.03. The first-order chi connectivity index (χ1) is 20.8. The molecule has 1 atom stereocenters. The number of hydrogen-bond acceptors (Lipinski definition) is 8. The summed E-state index contributed by atoms with van der Waals surface area (Å²) in [6, 6.07) is 25.2. The van der Waals surface area contributed by atoms with E-state index in [-0.39, 0.29) is 24.7 Å².